The predicted molar refractivity (Wildman–Crippen MR) is 71.6 cm³/mol. The predicted octanol–water partition coefficient (Wildman–Crippen LogP) is 3.57. The van der Waals surface area contributed by atoms with Gasteiger partial charge in [-0.25, -0.2) is 0 Å². The Labute approximate surface area is 108 Å². The Kier molecular flexibility index (Phi) is 3.95. The van der Waals surface area contributed by atoms with Crippen LogP contribution in [0, 0.1) is 18.8 Å². The van der Waals surface area contributed by atoms with Crippen molar-refractivity contribution in [3.63, 3.8) is 0 Å². The van der Waals surface area contributed by atoms with E-state index < -0.39 is 5.92 Å². The normalized spacial score (nSPS) is 24.0. The zero-order chi connectivity index (χ0) is 13.1. The maximum atomic E-state index is 12.4. The molecule has 0 spiro atoms. The molecule has 1 aromatic rings. The maximum absolute atomic E-state index is 12.4. The lowest BCUT2D eigenvalue weighted by molar-refractivity contribution is -0.123. The molecule has 18 heavy (non-hydrogen) atoms. The lowest BCUT2D eigenvalue weighted by Crippen LogP contribution is -2.31. The SMILES string of the molecule is CCC1CCC(=O)C(C(=O)c2ccc(C)cc2)C1. The first-order valence-electron chi connectivity index (χ1n) is 6.75. The molecule has 0 saturated heterocycles. The van der Waals surface area contributed by atoms with Gasteiger partial charge in [-0.2, -0.15) is 0 Å². The van der Waals surface area contributed by atoms with Gasteiger partial charge in [-0.3, -0.25) is 9.59 Å². The Morgan fingerprint density at radius 1 is 1.28 bits per heavy atom. The molecule has 1 aromatic carbocycles. The van der Waals surface area contributed by atoms with E-state index in [2.05, 4.69) is 6.92 Å². The second-order valence-electron chi connectivity index (χ2n) is 5.30. The van der Waals surface area contributed by atoms with Crippen LogP contribution in [-0.2, 0) is 4.79 Å². The monoisotopic (exact) mass is 244 g/mol. The molecule has 2 unspecified atom stereocenters. The van der Waals surface area contributed by atoms with Crippen molar-refractivity contribution in [2.24, 2.45) is 11.8 Å². The van der Waals surface area contributed by atoms with Crippen molar-refractivity contribution in [3.8, 4) is 0 Å². The van der Waals surface area contributed by atoms with E-state index in [4.69, 9.17) is 0 Å². The van der Waals surface area contributed by atoms with Crippen molar-refractivity contribution in [2.45, 2.75) is 39.5 Å². The molecule has 0 radical (unpaired) electrons. The van der Waals surface area contributed by atoms with Gasteiger partial charge in [0.1, 0.15) is 5.78 Å². The minimum Gasteiger partial charge on any atom is -0.299 e. The van der Waals surface area contributed by atoms with Gasteiger partial charge in [0.25, 0.3) is 0 Å². The minimum absolute atomic E-state index is 0.0122. The van der Waals surface area contributed by atoms with Crippen molar-refractivity contribution in [1.29, 1.82) is 0 Å². The molecule has 1 aliphatic carbocycles. The van der Waals surface area contributed by atoms with E-state index in [1.807, 2.05) is 31.2 Å². The molecule has 96 valence electrons. The molecule has 2 nitrogen and oxygen atoms in total. The quantitative estimate of drug-likeness (QED) is 0.601. The summed E-state index contributed by atoms with van der Waals surface area (Å²) in [7, 11) is 0. The van der Waals surface area contributed by atoms with Gasteiger partial charge < -0.3 is 0 Å². The fourth-order valence-corrected chi connectivity index (χ4v) is 2.65. The molecule has 0 aliphatic heterocycles. The van der Waals surface area contributed by atoms with Crippen molar-refractivity contribution < 1.29 is 9.59 Å². The van der Waals surface area contributed by atoms with Gasteiger partial charge in [-0.15, -0.1) is 0 Å². The fraction of sp³-hybridized carbons (Fsp3) is 0.500. The molecule has 0 N–H and O–H groups in total. The molecular formula is C16H20O2. The van der Waals surface area contributed by atoms with Crippen LogP contribution in [0.2, 0.25) is 0 Å². The number of hydrogen-bond acceptors (Lipinski definition) is 2. The van der Waals surface area contributed by atoms with E-state index >= 15 is 0 Å². The Hall–Kier alpha value is -1.44. The highest BCUT2D eigenvalue weighted by Crippen LogP contribution is 2.30. The van der Waals surface area contributed by atoms with E-state index in [-0.39, 0.29) is 11.6 Å². The van der Waals surface area contributed by atoms with Gasteiger partial charge in [0.05, 0.1) is 5.92 Å². The Balaban J connectivity index is 2.16. The van der Waals surface area contributed by atoms with E-state index in [0.29, 0.717) is 17.9 Å². The van der Waals surface area contributed by atoms with E-state index in [1.54, 1.807) is 0 Å². The standard InChI is InChI=1S/C16H20O2/c1-3-12-6-9-15(17)14(10-12)16(18)13-7-4-11(2)5-8-13/h4-5,7-8,12,14H,3,6,9-10H2,1-2H3. The third-order valence-electron chi connectivity index (χ3n) is 3.99. The summed E-state index contributed by atoms with van der Waals surface area (Å²) >= 11 is 0. The summed E-state index contributed by atoms with van der Waals surface area (Å²) in [6, 6.07) is 7.52. The summed E-state index contributed by atoms with van der Waals surface area (Å²) in [5, 5.41) is 0. The number of Topliss-reactive ketones (excluding diaryl/α,β-unsaturated/α-hetero) is 2. The molecule has 0 bridgehead atoms. The first kappa shape index (κ1) is 13.0. The largest absolute Gasteiger partial charge is 0.299 e. The van der Waals surface area contributed by atoms with E-state index in [1.165, 1.54) is 0 Å². The van der Waals surface area contributed by atoms with Crippen molar-refractivity contribution in [2.75, 3.05) is 0 Å². The first-order valence-corrected chi connectivity index (χ1v) is 6.75. The number of benzene rings is 1. The van der Waals surface area contributed by atoms with Gasteiger partial charge >= 0.3 is 0 Å². The first-order chi connectivity index (χ1) is 8.61. The van der Waals surface area contributed by atoms with E-state index in [9.17, 15) is 9.59 Å². The molecule has 2 atom stereocenters. The second kappa shape index (κ2) is 5.47. The topological polar surface area (TPSA) is 34.1 Å². The highest BCUT2D eigenvalue weighted by Gasteiger charge is 2.33. The molecule has 2 rings (SSSR count). The third kappa shape index (κ3) is 2.69. The highest BCUT2D eigenvalue weighted by atomic mass is 16.1. The summed E-state index contributed by atoms with van der Waals surface area (Å²) in [4.78, 5) is 24.3. The average molecular weight is 244 g/mol. The van der Waals surface area contributed by atoms with Gasteiger partial charge in [0, 0.05) is 12.0 Å². The minimum atomic E-state index is -0.397. The van der Waals surface area contributed by atoms with Crippen LogP contribution in [-0.4, -0.2) is 11.6 Å². The molecule has 0 amide bonds. The Morgan fingerprint density at radius 2 is 1.94 bits per heavy atom. The average Bonchev–Trinajstić information content (AvgIpc) is 2.39. The Morgan fingerprint density at radius 3 is 2.56 bits per heavy atom. The Bertz CT molecular complexity index is 445. The van der Waals surface area contributed by atoms with Crippen molar-refractivity contribution >= 4 is 11.6 Å². The number of carbonyl (C=O) groups is 2. The summed E-state index contributed by atoms with van der Waals surface area (Å²) in [6.07, 6.45) is 3.32. The van der Waals surface area contributed by atoms with Crippen LogP contribution in [0.25, 0.3) is 0 Å². The van der Waals surface area contributed by atoms with Crippen molar-refractivity contribution in [3.05, 3.63) is 35.4 Å². The summed E-state index contributed by atoms with van der Waals surface area (Å²) in [5.74, 6) is 0.275. The zero-order valence-electron chi connectivity index (χ0n) is 11.1. The van der Waals surface area contributed by atoms with Gasteiger partial charge in [-0.05, 0) is 25.7 Å². The van der Waals surface area contributed by atoms with Crippen LogP contribution in [0.3, 0.4) is 0 Å². The lowest BCUT2D eigenvalue weighted by Gasteiger charge is -2.26. The van der Waals surface area contributed by atoms with Crippen LogP contribution in [0.1, 0.15) is 48.5 Å². The molecule has 1 fully saturated rings. The van der Waals surface area contributed by atoms with Crippen LogP contribution in [0.5, 0.6) is 0 Å². The van der Waals surface area contributed by atoms with Crippen LogP contribution < -0.4 is 0 Å². The van der Waals surface area contributed by atoms with Gasteiger partial charge in [-0.1, -0.05) is 43.2 Å². The molecule has 0 heterocycles. The third-order valence-corrected chi connectivity index (χ3v) is 3.99. The molecular weight excluding hydrogens is 224 g/mol. The van der Waals surface area contributed by atoms with Crippen molar-refractivity contribution in [1.82, 2.24) is 0 Å². The lowest BCUT2D eigenvalue weighted by atomic mass is 9.76. The summed E-state index contributed by atoms with van der Waals surface area (Å²) < 4.78 is 0. The molecule has 1 saturated carbocycles. The van der Waals surface area contributed by atoms with Crippen LogP contribution in [0.4, 0.5) is 0 Å². The molecule has 2 heteroatoms. The number of carbonyl (C=O) groups excluding carboxylic acids is 2. The smallest absolute Gasteiger partial charge is 0.173 e. The van der Waals surface area contributed by atoms with E-state index in [0.717, 1.165) is 24.8 Å². The highest BCUT2D eigenvalue weighted by molar-refractivity contribution is 6.10. The summed E-state index contributed by atoms with van der Waals surface area (Å²) in [6.45, 7) is 4.13. The van der Waals surface area contributed by atoms with Gasteiger partial charge in [0.2, 0.25) is 0 Å². The van der Waals surface area contributed by atoms with Crippen LogP contribution in [0.15, 0.2) is 24.3 Å². The molecule has 0 aromatic heterocycles. The van der Waals surface area contributed by atoms with Crippen LogP contribution >= 0.6 is 0 Å². The fourth-order valence-electron chi connectivity index (χ4n) is 2.65. The maximum Gasteiger partial charge on any atom is 0.173 e. The number of ketones is 2. The number of hydrogen-bond donors (Lipinski definition) is 0. The zero-order valence-corrected chi connectivity index (χ0v) is 11.1. The second-order valence-corrected chi connectivity index (χ2v) is 5.30. The van der Waals surface area contributed by atoms with Gasteiger partial charge in [0.15, 0.2) is 5.78 Å². The summed E-state index contributed by atoms with van der Waals surface area (Å²) in [5.41, 5.74) is 1.81. The number of rotatable bonds is 3. The number of aryl methyl sites for hydroxylation is 1. The molecule has 1 aliphatic rings.